The van der Waals surface area contributed by atoms with Gasteiger partial charge in [-0.3, -0.25) is 28.8 Å². The number of ether oxygens (including phenoxy) is 1. The zero-order valence-corrected chi connectivity index (χ0v) is 22.4. The van der Waals surface area contributed by atoms with Crippen LogP contribution in [0, 0.1) is 28.1 Å². The third kappa shape index (κ3) is 3.52. The van der Waals surface area contributed by atoms with Crippen molar-refractivity contribution in [1.29, 1.82) is 0 Å². The van der Waals surface area contributed by atoms with E-state index in [-0.39, 0.29) is 42.6 Å². The number of rotatable bonds is 5. The van der Waals surface area contributed by atoms with Gasteiger partial charge in [0.15, 0.2) is 11.6 Å². The second-order valence-electron chi connectivity index (χ2n) is 12.6. The summed E-state index contributed by atoms with van der Waals surface area (Å²) in [6.07, 6.45) is -0.742. The number of hydrogen-bond acceptors (Lipinski definition) is 8. The number of carbonyl (C=O) groups is 6. The van der Waals surface area contributed by atoms with Crippen molar-refractivity contribution in [3.63, 3.8) is 0 Å². The van der Waals surface area contributed by atoms with E-state index in [4.69, 9.17) is 4.74 Å². The maximum absolute atomic E-state index is 14.1. The van der Waals surface area contributed by atoms with Crippen molar-refractivity contribution in [2.45, 2.75) is 97.7 Å². The van der Waals surface area contributed by atoms with Gasteiger partial charge in [-0.15, -0.1) is 0 Å². The SMILES string of the molecule is CC(=O)O[C@]12CC(=O)C3=C(C(=O)C[C@H]4C(C)(C)C(=O)CC[C@]34C)[C@]1(C)C(=O)C[C@@H]2C(C)(O)CCC(=O)O. The number of aliphatic carboxylic acids is 1. The van der Waals surface area contributed by atoms with Crippen LogP contribution in [0.3, 0.4) is 0 Å². The number of carboxylic acids is 1. The first-order chi connectivity index (χ1) is 16.9. The zero-order valence-electron chi connectivity index (χ0n) is 22.4. The second kappa shape index (κ2) is 8.16. The molecule has 0 bridgehead atoms. The van der Waals surface area contributed by atoms with Crippen molar-refractivity contribution in [3.05, 3.63) is 11.1 Å². The van der Waals surface area contributed by atoms with Gasteiger partial charge in [-0.1, -0.05) is 20.8 Å². The highest BCUT2D eigenvalue weighted by Gasteiger charge is 2.75. The summed E-state index contributed by atoms with van der Waals surface area (Å²) in [5.41, 5.74) is -6.69. The molecule has 2 N–H and O–H groups in total. The topological polar surface area (TPSA) is 152 Å². The molecule has 6 atom stereocenters. The maximum Gasteiger partial charge on any atom is 0.303 e. The van der Waals surface area contributed by atoms with E-state index in [1.165, 1.54) is 13.8 Å². The fraction of sp³-hybridized carbons (Fsp3) is 0.714. The van der Waals surface area contributed by atoms with Crippen molar-refractivity contribution >= 4 is 35.1 Å². The average Bonchev–Trinajstić information content (AvgIpc) is 2.99. The first kappa shape index (κ1) is 27.4. The van der Waals surface area contributed by atoms with E-state index in [1.807, 2.05) is 6.92 Å². The summed E-state index contributed by atoms with van der Waals surface area (Å²) in [6, 6.07) is 0. The highest BCUT2D eigenvalue weighted by molar-refractivity contribution is 6.17. The Morgan fingerprint density at radius 3 is 2.19 bits per heavy atom. The van der Waals surface area contributed by atoms with Crippen molar-refractivity contribution < 1.29 is 43.7 Å². The minimum Gasteiger partial charge on any atom is -0.481 e. The molecule has 0 aliphatic heterocycles. The van der Waals surface area contributed by atoms with Crippen LogP contribution in [-0.4, -0.2) is 56.5 Å². The van der Waals surface area contributed by atoms with E-state index < -0.39 is 81.4 Å². The lowest BCUT2D eigenvalue weighted by Gasteiger charge is -2.58. The van der Waals surface area contributed by atoms with Crippen LogP contribution in [0.25, 0.3) is 0 Å². The number of hydrogen-bond donors (Lipinski definition) is 2. The Kier molecular flexibility index (Phi) is 6.03. The summed E-state index contributed by atoms with van der Waals surface area (Å²) in [5.74, 6) is -4.70. The van der Waals surface area contributed by atoms with Gasteiger partial charge in [-0.25, -0.2) is 0 Å². The van der Waals surface area contributed by atoms with Gasteiger partial charge in [0, 0.05) is 60.5 Å². The Morgan fingerprint density at radius 1 is 1.00 bits per heavy atom. The summed E-state index contributed by atoms with van der Waals surface area (Å²) in [5, 5.41) is 20.6. The number of fused-ring (bicyclic) bond motifs is 4. The van der Waals surface area contributed by atoms with Crippen LogP contribution >= 0.6 is 0 Å². The molecule has 0 aromatic heterocycles. The summed E-state index contributed by atoms with van der Waals surface area (Å²) in [4.78, 5) is 78.4. The van der Waals surface area contributed by atoms with Gasteiger partial charge in [-0.05, 0) is 32.6 Å². The Balaban J connectivity index is 1.97. The Hall–Kier alpha value is -2.68. The van der Waals surface area contributed by atoms with E-state index in [1.54, 1.807) is 13.8 Å². The molecule has 2 fully saturated rings. The van der Waals surface area contributed by atoms with Gasteiger partial charge in [0.1, 0.15) is 17.2 Å². The average molecular weight is 517 g/mol. The molecule has 9 nitrogen and oxygen atoms in total. The summed E-state index contributed by atoms with van der Waals surface area (Å²) < 4.78 is 5.85. The van der Waals surface area contributed by atoms with Crippen molar-refractivity contribution in [2.24, 2.45) is 28.1 Å². The molecule has 0 spiro atoms. The van der Waals surface area contributed by atoms with Crippen LogP contribution in [-0.2, 0) is 33.5 Å². The zero-order chi connectivity index (χ0) is 27.9. The molecule has 4 rings (SSSR count). The molecule has 9 heteroatoms. The van der Waals surface area contributed by atoms with Crippen LogP contribution in [0.5, 0.6) is 0 Å². The first-order valence-corrected chi connectivity index (χ1v) is 12.9. The van der Waals surface area contributed by atoms with E-state index in [0.29, 0.717) is 6.42 Å². The third-order valence-corrected chi connectivity index (χ3v) is 10.2. The van der Waals surface area contributed by atoms with Gasteiger partial charge < -0.3 is 14.9 Å². The van der Waals surface area contributed by atoms with Crippen LogP contribution in [0.4, 0.5) is 0 Å². The van der Waals surface area contributed by atoms with Crippen LogP contribution < -0.4 is 0 Å². The van der Waals surface area contributed by atoms with Crippen LogP contribution in [0.15, 0.2) is 11.1 Å². The molecule has 0 saturated heterocycles. The Bertz CT molecular complexity index is 1170. The van der Waals surface area contributed by atoms with Gasteiger partial charge >= 0.3 is 11.9 Å². The Morgan fingerprint density at radius 2 is 1.62 bits per heavy atom. The lowest BCUT2D eigenvalue weighted by molar-refractivity contribution is -0.196. The second-order valence-corrected chi connectivity index (χ2v) is 12.6. The van der Waals surface area contributed by atoms with Crippen molar-refractivity contribution in [1.82, 2.24) is 0 Å². The quantitative estimate of drug-likeness (QED) is 0.525. The number of ketones is 4. The molecule has 4 aliphatic carbocycles. The molecule has 4 aliphatic rings. The highest BCUT2D eigenvalue weighted by atomic mass is 16.6. The van der Waals surface area contributed by atoms with Gasteiger partial charge in [0.25, 0.3) is 0 Å². The normalized spacial score (nSPS) is 38.5. The van der Waals surface area contributed by atoms with Gasteiger partial charge in [0.05, 0.1) is 17.4 Å². The standard InChI is InChI=1S/C28H36O9/c1-14(29)37-28-13-16(31)22-23(15(30)11-17-24(2,3)19(32)7-9-25(17,22)4)27(28,6)20(33)12-18(28)26(5,36)10-8-21(34)35/h17-18,36H,7-13H2,1-6H3,(H,34,35)/t17-,18+,25-,26?,27-,28-/m0/s1. The van der Waals surface area contributed by atoms with E-state index in [9.17, 15) is 39.0 Å². The van der Waals surface area contributed by atoms with Crippen LogP contribution in [0.2, 0.25) is 0 Å². The molecule has 0 aromatic carbocycles. The van der Waals surface area contributed by atoms with Gasteiger partial charge in [-0.2, -0.15) is 0 Å². The lowest BCUT2D eigenvalue weighted by atomic mass is 9.44. The van der Waals surface area contributed by atoms with E-state index in [2.05, 4.69) is 0 Å². The molecule has 0 aromatic rings. The largest absolute Gasteiger partial charge is 0.481 e. The number of carbonyl (C=O) groups excluding carboxylic acids is 5. The number of carboxylic acid groups (broad SMARTS) is 1. The fourth-order valence-corrected chi connectivity index (χ4v) is 8.18. The van der Waals surface area contributed by atoms with Crippen molar-refractivity contribution in [3.8, 4) is 0 Å². The summed E-state index contributed by atoms with van der Waals surface area (Å²) >= 11 is 0. The van der Waals surface area contributed by atoms with Gasteiger partial charge in [0.2, 0.25) is 0 Å². The third-order valence-electron chi connectivity index (χ3n) is 10.2. The highest BCUT2D eigenvalue weighted by Crippen LogP contribution is 2.68. The Labute approximate surface area is 216 Å². The van der Waals surface area contributed by atoms with E-state index in [0.717, 1.165) is 6.92 Å². The first-order valence-electron chi connectivity index (χ1n) is 12.9. The molecule has 202 valence electrons. The summed E-state index contributed by atoms with van der Waals surface area (Å²) in [7, 11) is 0. The minimum absolute atomic E-state index is 0.0273. The number of esters is 1. The molecule has 0 radical (unpaired) electrons. The molecular formula is C28H36O9. The molecule has 37 heavy (non-hydrogen) atoms. The van der Waals surface area contributed by atoms with Crippen molar-refractivity contribution in [2.75, 3.05) is 0 Å². The maximum atomic E-state index is 14.1. The summed E-state index contributed by atoms with van der Waals surface area (Å²) in [6.45, 7) is 9.52. The molecule has 0 amide bonds. The molecular weight excluding hydrogens is 480 g/mol. The lowest BCUT2D eigenvalue weighted by Crippen LogP contribution is -2.65. The number of allylic oxidation sites excluding steroid dienone is 1. The number of Topliss-reactive ketones (excluding diaryl/α,β-unsaturated/α-hetero) is 4. The van der Waals surface area contributed by atoms with E-state index >= 15 is 0 Å². The molecule has 0 heterocycles. The predicted octanol–water partition coefficient (Wildman–Crippen LogP) is 2.75. The fourth-order valence-electron chi connectivity index (χ4n) is 8.18. The predicted molar refractivity (Wildman–Crippen MR) is 129 cm³/mol. The smallest absolute Gasteiger partial charge is 0.303 e. The molecule has 1 unspecified atom stereocenters. The minimum atomic E-state index is -1.84. The monoisotopic (exact) mass is 516 g/mol. The number of aliphatic hydroxyl groups is 1. The van der Waals surface area contributed by atoms with Crippen LogP contribution in [0.1, 0.15) is 86.5 Å². The molecule has 2 saturated carbocycles.